The molecule has 0 aliphatic heterocycles. The van der Waals surface area contributed by atoms with Gasteiger partial charge in [0.1, 0.15) is 0 Å². The molecule has 0 aliphatic rings. The van der Waals surface area contributed by atoms with Crippen LogP contribution in [0.15, 0.2) is 5.10 Å². The molecule has 0 aromatic rings. The van der Waals surface area contributed by atoms with Gasteiger partial charge in [-0.15, -0.1) is 0 Å². The third-order valence-electron chi connectivity index (χ3n) is 2.04. The molecule has 12 heavy (non-hydrogen) atoms. The maximum atomic E-state index is 4.54. The Hall–Kier alpha value is -0.530. The zero-order valence-corrected chi connectivity index (χ0v) is 9.26. The van der Waals surface area contributed by atoms with E-state index in [2.05, 4.69) is 51.7 Å². The lowest BCUT2D eigenvalue weighted by atomic mass is 10.1. The first-order valence-electron chi connectivity index (χ1n) is 4.80. The molecular formula is C10H22N2. The summed E-state index contributed by atoms with van der Waals surface area (Å²) in [6.07, 6.45) is 0. The van der Waals surface area contributed by atoms with Gasteiger partial charge >= 0.3 is 0 Å². The smallest absolute Gasteiger partial charge is 0.0414 e. The Morgan fingerprint density at radius 2 is 1.75 bits per heavy atom. The second-order valence-corrected chi connectivity index (χ2v) is 3.75. The quantitative estimate of drug-likeness (QED) is 0.468. The molecule has 2 nitrogen and oxygen atoms in total. The first-order chi connectivity index (χ1) is 5.49. The first-order valence-corrected chi connectivity index (χ1v) is 4.80. The highest BCUT2D eigenvalue weighted by atomic mass is 15.5. The molecule has 0 fully saturated rings. The average molecular weight is 170 g/mol. The maximum Gasteiger partial charge on any atom is 0.0414 e. The van der Waals surface area contributed by atoms with E-state index in [1.165, 1.54) is 5.71 Å². The summed E-state index contributed by atoms with van der Waals surface area (Å²) < 4.78 is 0. The monoisotopic (exact) mass is 170 g/mol. The van der Waals surface area contributed by atoms with Crippen molar-refractivity contribution in [2.45, 2.75) is 47.6 Å². The summed E-state index contributed by atoms with van der Waals surface area (Å²) >= 11 is 0. The van der Waals surface area contributed by atoms with E-state index in [0.29, 0.717) is 12.0 Å². The highest BCUT2D eigenvalue weighted by Gasteiger charge is 2.05. The summed E-state index contributed by atoms with van der Waals surface area (Å²) in [5.41, 5.74) is 1.21. The summed E-state index contributed by atoms with van der Waals surface area (Å²) in [5, 5.41) is 6.66. The van der Waals surface area contributed by atoms with E-state index in [1.807, 2.05) is 0 Å². The Labute approximate surface area is 76.6 Å². The molecule has 0 radical (unpaired) electrons. The third kappa shape index (κ3) is 3.74. The van der Waals surface area contributed by atoms with Gasteiger partial charge in [-0.1, -0.05) is 13.8 Å². The molecule has 0 aromatic carbocycles. The number of hydrazone groups is 1. The van der Waals surface area contributed by atoms with Crippen molar-refractivity contribution >= 4 is 5.71 Å². The van der Waals surface area contributed by atoms with Gasteiger partial charge in [-0.25, -0.2) is 0 Å². The average Bonchev–Trinajstić information content (AvgIpc) is 1.98. The topological polar surface area (TPSA) is 15.6 Å². The summed E-state index contributed by atoms with van der Waals surface area (Å²) in [7, 11) is 0. The van der Waals surface area contributed by atoms with E-state index in [1.54, 1.807) is 0 Å². The Kier molecular flexibility index (Phi) is 4.95. The molecule has 0 bridgehead atoms. The van der Waals surface area contributed by atoms with Crippen molar-refractivity contribution in [1.82, 2.24) is 5.01 Å². The predicted octanol–water partition coefficient (Wildman–Crippen LogP) is 2.75. The molecule has 0 aromatic heterocycles. The molecule has 0 heterocycles. The summed E-state index contributed by atoms with van der Waals surface area (Å²) in [6.45, 7) is 13.9. The zero-order valence-electron chi connectivity index (χ0n) is 9.26. The lowest BCUT2D eigenvalue weighted by Crippen LogP contribution is -2.27. The molecule has 0 atom stereocenters. The fraction of sp³-hybridized carbons (Fsp3) is 0.900. The highest BCUT2D eigenvalue weighted by molar-refractivity contribution is 5.83. The van der Waals surface area contributed by atoms with E-state index in [-0.39, 0.29) is 0 Å². The van der Waals surface area contributed by atoms with Crippen LogP contribution in [0.25, 0.3) is 0 Å². The molecule has 0 amide bonds. The minimum atomic E-state index is 0.503. The predicted molar refractivity (Wildman–Crippen MR) is 55.5 cm³/mol. The number of hydrogen-bond donors (Lipinski definition) is 0. The molecule has 2 heteroatoms. The van der Waals surface area contributed by atoms with Crippen LogP contribution < -0.4 is 0 Å². The first kappa shape index (κ1) is 11.5. The van der Waals surface area contributed by atoms with E-state index < -0.39 is 0 Å². The van der Waals surface area contributed by atoms with Crippen molar-refractivity contribution in [2.75, 3.05) is 6.54 Å². The molecule has 0 rings (SSSR count). The van der Waals surface area contributed by atoms with Crippen molar-refractivity contribution in [3.63, 3.8) is 0 Å². The van der Waals surface area contributed by atoms with Crippen LogP contribution in [0.1, 0.15) is 41.5 Å². The van der Waals surface area contributed by atoms with E-state index in [0.717, 1.165) is 6.54 Å². The van der Waals surface area contributed by atoms with Crippen LogP contribution >= 0.6 is 0 Å². The van der Waals surface area contributed by atoms with Crippen molar-refractivity contribution < 1.29 is 0 Å². The fourth-order valence-electron chi connectivity index (χ4n) is 0.869. The SMILES string of the molecule is CCN(/N=C(\C)C(C)C)C(C)C. The molecule has 0 unspecified atom stereocenters. The Morgan fingerprint density at radius 1 is 1.25 bits per heavy atom. The minimum absolute atomic E-state index is 0.503. The van der Waals surface area contributed by atoms with Crippen molar-refractivity contribution in [3.8, 4) is 0 Å². The third-order valence-corrected chi connectivity index (χ3v) is 2.04. The van der Waals surface area contributed by atoms with Crippen LogP contribution in [-0.2, 0) is 0 Å². The lowest BCUT2D eigenvalue weighted by Gasteiger charge is -2.23. The van der Waals surface area contributed by atoms with Crippen LogP contribution in [0.5, 0.6) is 0 Å². The second-order valence-electron chi connectivity index (χ2n) is 3.75. The van der Waals surface area contributed by atoms with E-state index in [4.69, 9.17) is 0 Å². The van der Waals surface area contributed by atoms with Crippen molar-refractivity contribution in [2.24, 2.45) is 11.0 Å². The molecule has 0 saturated heterocycles. The molecular weight excluding hydrogens is 148 g/mol. The largest absolute Gasteiger partial charge is 0.295 e. The van der Waals surface area contributed by atoms with Gasteiger partial charge in [0.05, 0.1) is 0 Å². The van der Waals surface area contributed by atoms with Crippen LogP contribution in [0, 0.1) is 5.92 Å². The normalized spacial score (nSPS) is 12.8. The minimum Gasteiger partial charge on any atom is -0.295 e. The van der Waals surface area contributed by atoms with Gasteiger partial charge in [-0.05, 0) is 33.6 Å². The Morgan fingerprint density at radius 3 is 2.00 bits per heavy atom. The van der Waals surface area contributed by atoms with Crippen molar-refractivity contribution in [3.05, 3.63) is 0 Å². The Balaban J connectivity index is 4.25. The van der Waals surface area contributed by atoms with Gasteiger partial charge in [0, 0.05) is 18.3 Å². The van der Waals surface area contributed by atoms with Gasteiger partial charge in [0.2, 0.25) is 0 Å². The lowest BCUT2D eigenvalue weighted by molar-refractivity contribution is 0.244. The summed E-state index contributed by atoms with van der Waals surface area (Å²) in [4.78, 5) is 0. The highest BCUT2D eigenvalue weighted by Crippen LogP contribution is 2.03. The van der Waals surface area contributed by atoms with Gasteiger partial charge < -0.3 is 0 Å². The van der Waals surface area contributed by atoms with Crippen LogP contribution in [0.3, 0.4) is 0 Å². The number of nitrogens with zero attached hydrogens (tertiary/aromatic N) is 2. The van der Waals surface area contributed by atoms with Crippen LogP contribution in [-0.4, -0.2) is 23.3 Å². The van der Waals surface area contributed by atoms with Gasteiger partial charge in [-0.2, -0.15) is 5.10 Å². The van der Waals surface area contributed by atoms with Crippen LogP contribution in [0.2, 0.25) is 0 Å². The Bertz CT molecular complexity index is 148. The van der Waals surface area contributed by atoms with Gasteiger partial charge in [-0.3, -0.25) is 5.01 Å². The molecule has 0 spiro atoms. The van der Waals surface area contributed by atoms with E-state index >= 15 is 0 Å². The molecule has 0 N–H and O–H groups in total. The second kappa shape index (κ2) is 5.18. The molecule has 0 aliphatic carbocycles. The van der Waals surface area contributed by atoms with Gasteiger partial charge in [0.25, 0.3) is 0 Å². The summed E-state index contributed by atoms with van der Waals surface area (Å²) in [5.74, 6) is 0.554. The van der Waals surface area contributed by atoms with Crippen LogP contribution in [0.4, 0.5) is 0 Å². The van der Waals surface area contributed by atoms with E-state index in [9.17, 15) is 0 Å². The fourth-order valence-corrected chi connectivity index (χ4v) is 0.869. The van der Waals surface area contributed by atoms with Crippen molar-refractivity contribution in [1.29, 1.82) is 0 Å². The maximum absolute atomic E-state index is 4.54. The van der Waals surface area contributed by atoms with Gasteiger partial charge in [0.15, 0.2) is 0 Å². The zero-order chi connectivity index (χ0) is 9.72. The molecule has 0 saturated carbocycles. The standard InChI is InChI=1S/C10H22N2/c1-7-12(9(4)5)11-10(6)8(2)3/h8-9H,7H2,1-6H3/b11-10+. The number of hydrogen-bond acceptors (Lipinski definition) is 2. The molecule has 72 valence electrons. The number of rotatable bonds is 4. The summed E-state index contributed by atoms with van der Waals surface area (Å²) in [6, 6.07) is 0.503.